The highest BCUT2D eigenvalue weighted by molar-refractivity contribution is 7.89. The quantitative estimate of drug-likeness (QED) is 0.808. The molecule has 1 aliphatic heterocycles. The Morgan fingerprint density at radius 1 is 1.19 bits per heavy atom. The van der Waals surface area contributed by atoms with Crippen molar-refractivity contribution < 1.29 is 17.6 Å². The summed E-state index contributed by atoms with van der Waals surface area (Å²) < 4.78 is 41.8. The van der Waals surface area contributed by atoms with Crippen LogP contribution < -0.4 is 4.72 Å². The first kappa shape index (κ1) is 18.6. The zero-order chi connectivity index (χ0) is 19.2. The van der Waals surface area contributed by atoms with Gasteiger partial charge in [-0.2, -0.15) is 0 Å². The summed E-state index contributed by atoms with van der Waals surface area (Å²) in [5.41, 5.74) is 1.92. The molecule has 0 bridgehead atoms. The molecule has 1 saturated heterocycles. The third-order valence-corrected chi connectivity index (χ3v) is 7.44. The Bertz CT molecular complexity index is 937. The normalized spacial score (nSPS) is 20.9. The predicted molar refractivity (Wildman–Crippen MR) is 98.9 cm³/mol. The summed E-state index contributed by atoms with van der Waals surface area (Å²) in [7, 11) is -1.84. The van der Waals surface area contributed by atoms with Gasteiger partial charge in [-0.05, 0) is 39.5 Å². The number of aromatic nitrogens is 3. The molecule has 2 aliphatic rings. The molecule has 1 atom stereocenters. The van der Waals surface area contributed by atoms with E-state index in [1.807, 2.05) is 11.6 Å². The van der Waals surface area contributed by atoms with Crippen LogP contribution in [0.15, 0.2) is 9.31 Å². The van der Waals surface area contributed by atoms with E-state index in [1.165, 1.54) is 6.42 Å². The maximum absolute atomic E-state index is 12.9. The molecular formula is C18H26N4O4S. The molecule has 8 nitrogen and oxygen atoms in total. The molecular weight excluding hydrogens is 368 g/mol. The van der Waals surface area contributed by atoms with E-state index in [1.54, 1.807) is 13.8 Å². The summed E-state index contributed by atoms with van der Waals surface area (Å²) >= 11 is 0. The van der Waals surface area contributed by atoms with Crippen LogP contribution in [-0.4, -0.2) is 42.4 Å². The minimum atomic E-state index is -3.66. The van der Waals surface area contributed by atoms with Gasteiger partial charge in [0.1, 0.15) is 10.6 Å². The lowest BCUT2D eigenvalue weighted by Gasteiger charge is -2.20. The molecule has 4 rings (SSSR count). The van der Waals surface area contributed by atoms with Crippen LogP contribution in [0.2, 0.25) is 0 Å². The van der Waals surface area contributed by atoms with Gasteiger partial charge in [0.15, 0.2) is 0 Å². The zero-order valence-corrected chi connectivity index (χ0v) is 16.8. The fourth-order valence-electron chi connectivity index (χ4n) is 3.88. The minimum absolute atomic E-state index is 0.0513. The first-order chi connectivity index (χ1) is 12.9. The van der Waals surface area contributed by atoms with Gasteiger partial charge in [0.25, 0.3) is 5.89 Å². The standard InChI is InChI=1S/C18H26N4O4S/c1-11-15(18-21-20-17(26-18)13-6-4-7-13)22(3)12(2)16(11)27(23,24)19-10-14-8-5-9-25-14/h13-14,19H,4-10H2,1-3H3. The molecule has 3 heterocycles. The monoisotopic (exact) mass is 394 g/mol. The third kappa shape index (κ3) is 3.32. The Hall–Kier alpha value is -1.71. The van der Waals surface area contributed by atoms with Gasteiger partial charge in [0.2, 0.25) is 15.9 Å². The van der Waals surface area contributed by atoms with Crippen LogP contribution >= 0.6 is 0 Å². The SMILES string of the molecule is Cc1c(S(=O)(=O)NCC2CCCO2)c(C)n(C)c1-c1nnc(C2CCC2)o1. The molecule has 0 amide bonds. The van der Waals surface area contributed by atoms with Crippen molar-refractivity contribution in [1.82, 2.24) is 19.5 Å². The second-order valence-corrected chi connectivity index (χ2v) is 9.21. The number of hydrogen-bond acceptors (Lipinski definition) is 6. The Labute approximate surface area is 159 Å². The van der Waals surface area contributed by atoms with Crippen LogP contribution in [0, 0.1) is 13.8 Å². The van der Waals surface area contributed by atoms with Gasteiger partial charge >= 0.3 is 0 Å². The summed E-state index contributed by atoms with van der Waals surface area (Å²) in [4.78, 5) is 0.279. The highest BCUT2D eigenvalue weighted by atomic mass is 32.2. The van der Waals surface area contributed by atoms with Crippen LogP contribution in [0.4, 0.5) is 0 Å². The van der Waals surface area contributed by atoms with Crippen molar-refractivity contribution in [3.8, 4) is 11.6 Å². The number of nitrogens with one attached hydrogen (secondary N) is 1. The van der Waals surface area contributed by atoms with E-state index < -0.39 is 10.0 Å². The van der Waals surface area contributed by atoms with Crippen molar-refractivity contribution in [3.63, 3.8) is 0 Å². The van der Waals surface area contributed by atoms with Crippen molar-refractivity contribution in [1.29, 1.82) is 0 Å². The van der Waals surface area contributed by atoms with Crippen LogP contribution in [0.5, 0.6) is 0 Å². The maximum Gasteiger partial charge on any atom is 0.264 e. The Kier molecular flexibility index (Phi) is 4.85. The average Bonchev–Trinajstić information content (AvgIpc) is 3.27. The van der Waals surface area contributed by atoms with Crippen LogP contribution in [-0.2, 0) is 21.8 Å². The minimum Gasteiger partial charge on any atom is -0.419 e. The summed E-state index contributed by atoms with van der Waals surface area (Å²) in [6.07, 6.45) is 5.12. The van der Waals surface area contributed by atoms with E-state index in [-0.39, 0.29) is 17.5 Å². The molecule has 0 radical (unpaired) electrons. The fraction of sp³-hybridized carbons (Fsp3) is 0.667. The van der Waals surface area contributed by atoms with Crippen LogP contribution in [0.3, 0.4) is 0 Å². The van der Waals surface area contributed by atoms with Gasteiger partial charge in [-0.25, -0.2) is 13.1 Å². The molecule has 0 aromatic carbocycles. The summed E-state index contributed by atoms with van der Waals surface area (Å²) in [5, 5.41) is 8.36. The number of sulfonamides is 1. The van der Waals surface area contributed by atoms with E-state index in [0.29, 0.717) is 41.3 Å². The topological polar surface area (TPSA) is 99.2 Å². The van der Waals surface area contributed by atoms with Crippen LogP contribution in [0.25, 0.3) is 11.6 Å². The molecule has 1 saturated carbocycles. The van der Waals surface area contributed by atoms with E-state index in [2.05, 4.69) is 14.9 Å². The Morgan fingerprint density at radius 2 is 1.96 bits per heavy atom. The zero-order valence-electron chi connectivity index (χ0n) is 16.0. The second-order valence-electron chi connectivity index (χ2n) is 7.51. The van der Waals surface area contributed by atoms with Gasteiger partial charge in [-0.1, -0.05) is 6.42 Å². The lowest BCUT2D eigenvalue weighted by molar-refractivity contribution is 0.114. The molecule has 0 spiro atoms. The first-order valence-corrected chi connectivity index (χ1v) is 11.0. The van der Waals surface area contributed by atoms with E-state index in [4.69, 9.17) is 9.15 Å². The molecule has 1 aliphatic carbocycles. The van der Waals surface area contributed by atoms with E-state index in [0.717, 1.165) is 25.7 Å². The molecule has 9 heteroatoms. The van der Waals surface area contributed by atoms with Gasteiger partial charge in [-0.3, -0.25) is 0 Å². The maximum atomic E-state index is 12.9. The van der Waals surface area contributed by atoms with Gasteiger partial charge in [-0.15, -0.1) is 10.2 Å². The van der Waals surface area contributed by atoms with Crippen molar-refractivity contribution in [3.05, 3.63) is 17.1 Å². The van der Waals surface area contributed by atoms with Crippen molar-refractivity contribution in [2.45, 2.75) is 62.9 Å². The predicted octanol–water partition coefficient (Wildman–Crippen LogP) is 2.42. The van der Waals surface area contributed by atoms with Gasteiger partial charge < -0.3 is 13.7 Å². The molecule has 2 fully saturated rings. The van der Waals surface area contributed by atoms with E-state index in [9.17, 15) is 8.42 Å². The molecule has 1 N–H and O–H groups in total. The number of nitrogens with zero attached hydrogens (tertiary/aromatic N) is 3. The third-order valence-electron chi connectivity index (χ3n) is 5.75. The average molecular weight is 394 g/mol. The van der Waals surface area contributed by atoms with E-state index >= 15 is 0 Å². The Morgan fingerprint density at radius 3 is 2.59 bits per heavy atom. The highest BCUT2D eigenvalue weighted by Crippen LogP contribution is 2.38. The lowest BCUT2D eigenvalue weighted by Crippen LogP contribution is -2.32. The largest absolute Gasteiger partial charge is 0.419 e. The fourth-order valence-corrected chi connectivity index (χ4v) is 5.46. The number of rotatable bonds is 6. The summed E-state index contributed by atoms with van der Waals surface area (Å²) in [5.74, 6) is 1.36. The van der Waals surface area contributed by atoms with Gasteiger partial charge in [0.05, 0.1) is 6.10 Å². The number of hydrogen-bond donors (Lipinski definition) is 1. The van der Waals surface area contributed by atoms with Crippen molar-refractivity contribution >= 4 is 10.0 Å². The highest BCUT2D eigenvalue weighted by Gasteiger charge is 2.31. The first-order valence-electron chi connectivity index (χ1n) is 9.49. The Balaban J connectivity index is 1.64. The molecule has 1 unspecified atom stereocenters. The van der Waals surface area contributed by atoms with Crippen molar-refractivity contribution in [2.75, 3.05) is 13.2 Å². The van der Waals surface area contributed by atoms with Gasteiger partial charge in [0, 0.05) is 37.4 Å². The van der Waals surface area contributed by atoms with Crippen molar-refractivity contribution in [2.24, 2.45) is 7.05 Å². The summed E-state index contributed by atoms with van der Waals surface area (Å²) in [6, 6.07) is 0. The molecule has 148 valence electrons. The lowest BCUT2D eigenvalue weighted by atomic mass is 9.85. The molecule has 27 heavy (non-hydrogen) atoms. The smallest absolute Gasteiger partial charge is 0.264 e. The molecule has 2 aromatic rings. The second kappa shape index (κ2) is 7.03. The number of ether oxygens (including phenoxy) is 1. The van der Waals surface area contributed by atoms with Crippen LogP contribution in [0.1, 0.15) is 55.2 Å². The summed E-state index contributed by atoms with van der Waals surface area (Å²) in [6.45, 7) is 4.56. The molecule has 2 aromatic heterocycles.